The van der Waals surface area contributed by atoms with Gasteiger partial charge in [-0.1, -0.05) is 0 Å². The molecule has 0 radical (unpaired) electrons. The van der Waals surface area contributed by atoms with Gasteiger partial charge in [0.25, 0.3) is 0 Å². The number of rotatable bonds is 4. The topological polar surface area (TPSA) is 61.4 Å². The quantitative estimate of drug-likeness (QED) is 0.648. The Morgan fingerprint density at radius 1 is 1.60 bits per heavy atom. The Morgan fingerprint density at radius 2 is 2.40 bits per heavy atom. The van der Waals surface area contributed by atoms with E-state index >= 15 is 0 Å². The molecule has 4 nitrogen and oxygen atoms in total. The van der Waals surface area contributed by atoms with E-state index in [0.717, 1.165) is 18.8 Å². The molecule has 0 saturated carbocycles. The summed E-state index contributed by atoms with van der Waals surface area (Å²) in [6.45, 7) is 1.58. The van der Waals surface area contributed by atoms with E-state index in [-0.39, 0.29) is 12.0 Å². The van der Waals surface area contributed by atoms with E-state index < -0.39 is 5.97 Å². The molecule has 5 heteroatoms. The fraction of sp³-hybridized carbons (Fsp3) is 0.900. The predicted octanol–water partition coefficient (Wildman–Crippen LogP) is 0.288. The molecular weight excluding hydrogens is 212 g/mol. The zero-order valence-corrected chi connectivity index (χ0v) is 9.61. The highest BCUT2D eigenvalue weighted by Crippen LogP contribution is 2.23. The van der Waals surface area contributed by atoms with Crippen LogP contribution in [0.1, 0.15) is 19.3 Å². The number of hydrogen-bond acceptors (Lipinski definition) is 4. The summed E-state index contributed by atoms with van der Waals surface area (Å²) >= 11 is 1.97. The highest BCUT2D eigenvalue weighted by Gasteiger charge is 2.40. The standard InChI is InChI=1S/C10H18N2O2S/c13-9(14)4-10(6-11-7-10)12-8-2-1-3-15-5-8/h8,11-12H,1-7H2,(H,13,14). The van der Waals surface area contributed by atoms with Crippen molar-refractivity contribution < 1.29 is 9.90 Å². The molecule has 1 atom stereocenters. The first-order valence-electron chi connectivity index (χ1n) is 5.48. The summed E-state index contributed by atoms with van der Waals surface area (Å²) in [4.78, 5) is 10.8. The van der Waals surface area contributed by atoms with Gasteiger partial charge in [0.2, 0.25) is 0 Å². The summed E-state index contributed by atoms with van der Waals surface area (Å²) in [5.41, 5.74) is -0.172. The maximum atomic E-state index is 10.8. The second-order valence-corrected chi connectivity index (χ2v) is 5.66. The second kappa shape index (κ2) is 4.72. The zero-order valence-electron chi connectivity index (χ0n) is 8.79. The molecule has 0 aromatic rings. The lowest BCUT2D eigenvalue weighted by Crippen LogP contribution is -2.70. The number of carboxylic acids is 1. The minimum Gasteiger partial charge on any atom is -0.481 e. The van der Waals surface area contributed by atoms with Crippen molar-refractivity contribution in [2.75, 3.05) is 24.6 Å². The van der Waals surface area contributed by atoms with Crippen molar-refractivity contribution in [1.29, 1.82) is 0 Å². The van der Waals surface area contributed by atoms with Crippen molar-refractivity contribution in [2.45, 2.75) is 30.8 Å². The third kappa shape index (κ3) is 2.86. The molecule has 15 heavy (non-hydrogen) atoms. The van der Waals surface area contributed by atoms with E-state index in [4.69, 9.17) is 5.11 Å². The molecule has 0 aromatic heterocycles. The Hall–Kier alpha value is -0.260. The van der Waals surface area contributed by atoms with Crippen molar-refractivity contribution >= 4 is 17.7 Å². The maximum absolute atomic E-state index is 10.8. The number of aliphatic carboxylic acids is 1. The summed E-state index contributed by atoms with van der Waals surface area (Å²) in [6, 6.07) is 0.505. The van der Waals surface area contributed by atoms with Gasteiger partial charge < -0.3 is 15.7 Å². The number of nitrogens with one attached hydrogen (secondary N) is 2. The second-order valence-electron chi connectivity index (χ2n) is 4.51. The van der Waals surface area contributed by atoms with E-state index in [1.54, 1.807) is 0 Å². The lowest BCUT2D eigenvalue weighted by atomic mass is 9.87. The molecule has 1 unspecified atom stereocenters. The van der Waals surface area contributed by atoms with Crippen LogP contribution in [0.5, 0.6) is 0 Å². The van der Waals surface area contributed by atoms with Crippen LogP contribution in [0.25, 0.3) is 0 Å². The lowest BCUT2D eigenvalue weighted by molar-refractivity contribution is -0.139. The molecule has 2 heterocycles. The third-order valence-corrected chi connectivity index (χ3v) is 4.30. The fourth-order valence-corrected chi connectivity index (χ4v) is 3.35. The number of thioether (sulfide) groups is 1. The van der Waals surface area contributed by atoms with Gasteiger partial charge in [0.05, 0.1) is 12.0 Å². The Balaban J connectivity index is 1.86. The maximum Gasteiger partial charge on any atom is 0.305 e. The summed E-state index contributed by atoms with van der Waals surface area (Å²) in [6.07, 6.45) is 2.68. The minimum atomic E-state index is -0.701. The molecule has 2 rings (SSSR count). The first kappa shape index (κ1) is 11.2. The Morgan fingerprint density at radius 3 is 2.87 bits per heavy atom. The molecule has 0 aliphatic carbocycles. The minimum absolute atomic E-state index is 0.172. The molecule has 2 fully saturated rings. The smallest absolute Gasteiger partial charge is 0.305 e. The van der Waals surface area contributed by atoms with E-state index in [1.165, 1.54) is 18.6 Å². The van der Waals surface area contributed by atoms with Crippen LogP contribution >= 0.6 is 11.8 Å². The molecule has 0 aromatic carbocycles. The number of carbonyl (C=O) groups is 1. The molecule has 2 aliphatic rings. The van der Waals surface area contributed by atoms with E-state index in [1.807, 2.05) is 11.8 Å². The number of carboxylic acid groups (broad SMARTS) is 1. The van der Waals surface area contributed by atoms with Gasteiger partial charge in [-0.2, -0.15) is 11.8 Å². The molecule has 0 spiro atoms. The first-order chi connectivity index (χ1) is 7.20. The average molecular weight is 230 g/mol. The van der Waals surface area contributed by atoms with Gasteiger partial charge in [-0.15, -0.1) is 0 Å². The van der Waals surface area contributed by atoms with Crippen LogP contribution in [0.4, 0.5) is 0 Å². The van der Waals surface area contributed by atoms with E-state index in [2.05, 4.69) is 10.6 Å². The largest absolute Gasteiger partial charge is 0.481 e. The van der Waals surface area contributed by atoms with Crippen molar-refractivity contribution in [1.82, 2.24) is 10.6 Å². The van der Waals surface area contributed by atoms with Crippen molar-refractivity contribution in [3.63, 3.8) is 0 Å². The zero-order chi connectivity index (χ0) is 10.7. The van der Waals surface area contributed by atoms with Gasteiger partial charge in [-0.05, 0) is 18.6 Å². The molecular formula is C10H18N2O2S. The lowest BCUT2D eigenvalue weighted by Gasteiger charge is -2.45. The molecule has 0 amide bonds. The molecule has 0 bridgehead atoms. The summed E-state index contributed by atoms with van der Waals surface area (Å²) < 4.78 is 0. The van der Waals surface area contributed by atoms with Gasteiger partial charge >= 0.3 is 5.97 Å². The van der Waals surface area contributed by atoms with Crippen LogP contribution < -0.4 is 10.6 Å². The predicted molar refractivity (Wildman–Crippen MR) is 61.3 cm³/mol. The monoisotopic (exact) mass is 230 g/mol. The number of hydrogen-bond donors (Lipinski definition) is 3. The van der Waals surface area contributed by atoms with Gasteiger partial charge in [0.1, 0.15) is 0 Å². The van der Waals surface area contributed by atoms with Crippen LogP contribution in [0.3, 0.4) is 0 Å². The highest BCUT2D eigenvalue weighted by molar-refractivity contribution is 7.99. The van der Waals surface area contributed by atoms with Gasteiger partial charge in [-0.3, -0.25) is 4.79 Å². The average Bonchev–Trinajstić information content (AvgIpc) is 2.15. The molecule has 2 saturated heterocycles. The van der Waals surface area contributed by atoms with Crippen molar-refractivity contribution in [3.8, 4) is 0 Å². The summed E-state index contributed by atoms with van der Waals surface area (Å²) in [5, 5.41) is 15.6. The van der Waals surface area contributed by atoms with Crippen LogP contribution in [0, 0.1) is 0 Å². The van der Waals surface area contributed by atoms with E-state index in [0.29, 0.717) is 6.04 Å². The fourth-order valence-electron chi connectivity index (χ4n) is 2.28. The third-order valence-electron chi connectivity index (χ3n) is 3.09. The van der Waals surface area contributed by atoms with Crippen LogP contribution in [0.15, 0.2) is 0 Å². The summed E-state index contributed by atoms with van der Waals surface area (Å²) in [7, 11) is 0. The van der Waals surface area contributed by atoms with Crippen LogP contribution in [-0.2, 0) is 4.79 Å². The Bertz CT molecular complexity index is 238. The normalized spacial score (nSPS) is 29.5. The molecule has 3 N–H and O–H groups in total. The van der Waals surface area contributed by atoms with Crippen molar-refractivity contribution in [2.24, 2.45) is 0 Å². The van der Waals surface area contributed by atoms with Gasteiger partial charge in [0.15, 0.2) is 0 Å². The van der Waals surface area contributed by atoms with Crippen molar-refractivity contribution in [3.05, 3.63) is 0 Å². The van der Waals surface area contributed by atoms with Crippen LogP contribution in [0.2, 0.25) is 0 Å². The van der Waals surface area contributed by atoms with Gasteiger partial charge in [0, 0.05) is 24.9 Å². The van der Waals surface area contributed by atoms with Crippen LogP contribution in [-0.4, -0.2) is 47.3 Å². The van der Waals surface area contributed by atoms with Gasteiger partial charge in [-0.25, -0.2) is 0 Å². The highest BCUT2D eigenvalue weighted by atomic mass is 32.2. The van der Waals surface area contributed by atoms with E-state index in [9.17, 15) is 4.79 Å². The summed E-state index contributed by atoms with van der Waals surface area (Å²) in [5.74, 6) is 1.68. The Kier molecular flexibility index (Phi) is 3.53. The SMILES string of the molecule is O=C(O)CC1(NC2CCCSC2)CNC1. The Labute approximate surface area is 94.2 Å². The molecule has 2 aliphatic heterocycles. The first-order valence-corrected chi connectivity index (χ1v) is 6.64. The molecule has 86 valence electrons.